The van der Waals surface area contributed by atoms with Crippen molar-refractivity contribution in [2.75, 3.05) is 0 Å². The molecule has 0 N–H and O–H groups in total. The molecule has 0 saturated heterocycles. The highest BCUT2D eigenvalue weighted by atomic mass is 16.5. The highest BCUT2D eigenvalue weighted by Gasteiger charge is 1.87. The Morgan fingerprint density at radius 2 is 1.02 bits per heavy atom. The zero-order chi connectivity index (χ0) is 34.3. The highest BCUT2D eigenvalue weighted by molar-refractivity contribution is 5.66. The number of esters is 1. The van der Waals surface area contributed by atoms with Crippen LogP contribution >= 0.6 is 0 Å². The van der Waals surface area contributed by atoms with Crippen LogP contribution in [0.25, 0.3) is 24.3 Å². The maximum Gasteiger partial charge on any atom is 0.307 e. The topological polar surface area (TPSA) is 26.3 Å². The van der Waals surface area contributed by atoms with Crippen molar-refractivity contribution >= 4 is 30.3 Å². The molecule has 45 heavy (non-hydrogen) atoms. The normalized spacial score (nSPS) is 8.27. The molecule has 0 unspecified atom stereocenters. The number of allylic oxidation sites excluding steroid dienone is 2. The highest BCUT2D eigenvalue weighted by Crippen LogP contribution is 2.07. The van der Waals surface area contributed by atoms with E-state index in [9.17, 15) is 4.79 Å². The zero-order valence-corrected chi connectivity index (χ0v) is 27.6. The minimum Gasteiger partial charge on any atom is -0.435 e. The van der Waals surface area contributed by atoms with Crippen LogP contribution in [0.3, 0.4) is 0 Å². The summed E-state index contributed by atoms with van der Waals surface area (Å²) in [5.41, 5.74) is 8.63. The molecule has 0 aliphatic heterocycles. The van der Waals surface area contributed by atoms with Gasteiger partial charge in [-0.05, 0) is 48.6 Å². The minimum absolute atomic E-state index is 0.329. The number of rotatable bonds is 6. The first-order chi connectivity index (χ1) is 21.6. The van der Waals surface area contributed by atoms with Gasteiger partial charge >= 0.3 is 5.97 Å². The van der Waals surface area contributed by atoms with Crippen molar-refractivity contribution in [2.24, 2.45) is 0 Å². The van der Waals surface area contributed by atoms with Crippen LogP contribution in [0.15, 0.2) is 168 Å². The largest absolute Gasteiger partial charge is 0.435 e. The van der Waals surface area contributed by atoms with Crippen molar-refractivity contribution in [3.63, 3.8) is 0 Å². The van der Waals surface area contributed by atoms with Crippen LogP contribution < -0.4 is 0 Å². The van der Waals surface area contributed by atoms with Crippen LogP contribution in [0.5, 0.6) is 0 Å². The lowest BCUT2D eigenvalue weighted by molar-refractivity contribution is -0.135. The van der Waals surface area contributed by atoms with E-state index in [1.807, 2.05) is 78.9 Å². The van der Waals surface area contributed by atoms with Gasteiger partial charge < -0.3 is 4.74 Å². The molecule has 0 saturated carbocycles. The van der Waals surface area contributed by atoms with Gasteiger partial charge in [0.2, 0.25) is 0 Å². The summed E-state index contributed by atoms with van der Waals surface area (Å²) in [5.74, 6) is -0.329. The van der Waals surface area contributed by atoms with E-state index < -0.39 is 0 Å². The fourth-order valence-corrected chi connectivity index (χ4v) is 3.02. The third kappa shape index (κ3) is 24.8. The summed E-state index contributed by atoms with van der Waals surface area (Å²) in [6.07, 6.45) is 11.8. The van der Waals surface area contributed by atoms with Gasteiger partial charge in [0.15, 0.2) is 0 Å². The van der Waals surface area contributed by atoms with Crippen LogP contribution in [0.4, 0.5) is 0 Å². The van der Waals surface area contributed by atoms with E-state index in [4.69, 9.17) is 0 Å². The molecular weight excluding hydrogens is 548 g/mol. The van der Waals surface area contributed by atoms with E-state index in [0.717, 1.165) is 6.26 Å². The molecule has 4 aromatic rings. The van der Waals surface area contributed by atoms with E-state index in [-0.39, 0.29) is 5.97 Å². The molecule has 4 rings (SSSR count). The molecule has 0 aliphatic rings. The van der Waals surface area contributed by atoms with E-state index in [2.05, 4.69) is 120 Å². The number of aryl methyl sites for hydroxylation is 3. The average Bonchev–Trinajstić information content (AvgIpc) is 3.07. The van der Waals surface area contributed by atoms with Gasteiger partial charge in [0, 0.05) is 6.92 Å². The molecule has 234 valence electrons. The second-order valence-electron chi connectivity index (χ2n) is 9.16. The van der Waals surface area contributed by atoms with Crippen LogP contribution in [-0.4, -0.2) is 5.97 Å². The lowest BCUT2D eigenvalue weighted by atomic mass is 10.1. The van der Waals surface area contributed by atoms with Crippen LogP contribution in [0.1, 0.15) is 45.9 Å². The van der Waals surface area contributed by atoms with Crippen molar-refractivity contribution in [1.29, 1.82) is 0 Å². The molecule has 0 fully saturated rings. The van der Waals surface area contributed by atoms with Crippen molar-refractivity contribution in [1.82, 2.24) is 0 Å². The molecule has 0 bridgehead atoms. The lowest BCUT2D eigenvalue weighted by Crippen LogP contribution is -1.87. The first-order valence-electron chi connectivity index (χ1n) is 14.4. The quantitative estimate of drug-likeness (QED) is 0.125. The van der Waals surface area contributed by atoms with E-state index >= 15 is 0 Å². The lowest BCUT2D eigenvalue weighted by Gasteiger charge is -1.95. The van der Waals surface area contributed by atoms with Gasteiger partial charge in [0.05, 0.1) is 6.26 Å². The molecule has 2 heteroatoms. The SMILES string of the molecule is C=CC=C.C=COC(C)=O.C=Cc1ccc(C)cc1.C=Cc1cccc(C)c1.C=Cc1ccccc1.C=Cc1ccccc1C. The summed E-state index contributed by atoms with van der Waals surface area (Å²) in [6.45, 7) is 32.1. The predicted molar refractivity (Wildman–Crippen MR) is 203 cm³/mol. The summed E-state index contributed by atoms with van der Waals surface area (Å²) in [6, 6.07) is 34.7. The number of carbonyl (C=O) groups is 1. The van der Waals surface area contributed by atoms with Gasteiger partial charge in [0.25, 0.3) is 0 Å². The number of benzene rings is 4. The summed E-state index contributed by atoms with van der Waals surface area (Å²) >= 11 is 0. The number of ether oxygens (including phenoxy) is 1. The molecular formula is C43H50O2. The Labute approximate surface area is 273 Å². The monoisotopic (exact) mass is 598 g/mol. The van der Waals surface area contributed by atoms with Gasteiger partial charge in [-0.25, -0.2) is 0 Å². The molecule has 4 aromatic carbocycles. The first-order valence-corrected chi connectivity index (χ1v) is 14.4. The Bertz CT molecular complexity index is 1420. The maximum absolute atomic E-state index is 9.75. The Hall–Kier alpha value is -5.47. The fraction of sp³-hybridized carbons (Fsp3) is 0.0930. The van der Waals surface area contributed by atoms with Gasteiger partial charge in [-0.3, -0.25) is 4.79 Å². The van der Waals surface area contributed by atoms with Crippen molar-refractivity contribution in [2.45, 2.75) is 27.7 Å². The standard InChI is InChI=1S/3C9H10.C8H8.C4H6O2.C4H6/c1-3-9-6-4-8(2)5-7-9;1-3-9-6-4-5-8(2)7-9;1-3-9-7-5-4-6-8(9)2;1-2-8-6-4-3-5-7-8;1-3-6-4(2)5;1-3-4-2/h3*3-7H,1H2,2H3;2-7H,1H2;3H,1H2,2H3;3-4H,1-2H2. The van der Waals surface area contributed by atoms with E-state index in [1.165, 1.54) is 45.9 Å². The summed E-state index contributed by atoms with van der Waals surface area (Å²) in [5, 5.41) is 0. The van der Waals surface area contributed by atoms with E-state index in [1.54, 1.807) is 12.2 Å². The minimum atomic E-state index is -0.329. The Kier molecular flexibility index (Phi) is 26.5. The molecule has 0 atom stereocenters. The Balaban J connectivity index is 0. The summed E-state index contributed by atoms with van der Waals surface area (Å²) in [4.78, 5) is 9.75. The molecule has 0 heterocycles. The van der Waals surface area contributed by atoms with Crippen molar-refractivity contribution < 1.29 is 9.53 Å². The smallest absolute Gasteiger partial charge is 0.307 e. The summed E-state index contributed by atoms with van der Waals surface area (Å²) < 4.78 is 4.17. The van der Waals surface area contributed by atoms with Crippen LogP contribution in [-0.2, 0) is 9.53 Å². The van der Waals surface area contributed by atoms with Crippen LogP contribution in [0, 0.1) is 20.8 Å². The summed E-state index contributed by atoms with van der Waals surface area (Å²) in [7, 11) is 0. The predicted octanol–water partition coefficient (Wildman–Crippen LogP) is 12.3. The molecule has 0 aromatic heterocycles. The second-order valence-corrected chi connectivity index (χ2v) is 9.16. The van der Waals surface area contributed by atoms with E-state index in [0.29, 0.717) is 0 Å². The van der Waals surface area contributed by atoms with Crippen molar-refractivity contribution in [3.05, 3.63) is 207 Å². The fourth-order valence-electron chi connectivity index (χ4n) is 3.02. The third-order valence-corrected chi connectivity index (χ3v) is 5.45. The molecule has 0 aliphatic carbocycles. The molecule has 0 radical (unpaired) electrons. The third-order valence-electron chi connectivity index (χ3n) is 5.45. The van der Waals surface area contributed by atoms with Crippen molar-refractivity contribution in [3.8, 4) is 0 Å². The zero-order valence-electron chi connectivity index (χ0n) is 27.6. The molecule has 2 nitrogen and oxygen atoms in total. The number of hydrogen-bond donors (Lipinski definition) is 0. The van der Waals surface area contributed by atoms with Gasteiger partial charge in [-0.15, -0.1) is 0 Å². The van der Waals surface area contributed by atoms with Gasteiger partial charge in [-0.2, -0.15) is 0 Å². The second kappa shape index (κ2) is 28.6. The Morgan fingerprint density at radius 1 is 0.533 bits per heavy atom. The van der Waals surface area contributed by atoms with Gasteiger partial charge in [-0.1, -0.05) is 197 Å². The number of hydrogen-bond acceptors (Lipinski definition) is 2. The average molecular weight is 599 g/mol. The first kappa shape index (κ1) is 41.7. The van der Waals surface area contributed by atoms with Crippen LogP contribution in [0.2, 0.25) is 0 Å². The number of carbonyl (C=O) groups excluding carboxylic acids is 1. The maximum atomic E-state index is 9.75. The molecule has 0 amide bonds. The molecule has 0 spiro atoms. The van der Waals surface area contributed by atoms with Gasteiger partial charge in [0.1, 0.15) is 0 Å². The Morgan fingerprint density at radius 3 is 1.36 bits per heavy atom.